The van der Waals surface area contributed by atoms with Gasteiger partial charge in [0.1, 0.15) is 17.1 Å². The zero-order chi connectivity index (χ0) is 20.3. The number of aromatic hydroxyl groups is 1. The Kier molecular flexibility index (Phi) is 5.49. The van der Waals surface area contributed by atoms with E-state index >= 15 is 0 Å². The van der Waals surface area contributed by atoms with Gasteiger partial charge in [0.05, 0.1) is 13.7 Å². The van der Waals surface area contributed by atoms with Gasteiger partial charge in [0.15, 0.2) is 0 Å². The maximum atomic E-state index is 12.9. The summed E-state index contributed by atoms with van der Waals surface area (Å²) in [5.74, 6) is -0.260. The summed E-state index contributed by atoms with van der Waals surface area (Å²) >= 11 is 0. The summed E-state index contributed by atoms with van der Waals surface area (Å²) in [5.41, 5.74) is 2.22. The highest BCUT2D eigenvalue weighted by Gasteiger charge is 2.20. The van der Waals surface area contributed by atoms with Gasteiger partial charge in [-0.05, 0) is 43.7 Å². The van der Waals surface area contributed by atoms with Crippen LogP contribution in [-0.4, -0.2) is 22.7 Å². The van der Waals surface area contributed by atoms with E-state index in [-0.39, 0.29) is 17.9 Å². The van der Waals surface area contributed by atoms with Crippen LogP contribution >= 0.6 is 0 Å². The molecule has 6 nitrogen and oxygen atoms in total. The summed E-state index contributed by atoms with van der Waals surface area (Å²) in [6, 6.07) is 15.9. The monoisotopic (exact) mass is 378 g/mol. The van der Waals surface area contributed by atoms with Crippen molar-refractivity contribution in [3.63, 3.8) is 0 Å². The average Bonchev–Trinajstić information content (AvgIpc) is 2.67. The standard InChI is InChI=1S/C22H22N2O4/c1-14-4-8-17(9-5-14)23-21(26)20-19(25)12-15(2)24(22(20)27)13-16-6-10-18(28-3)11-7-16/h4-12,25H,13H2,1-3H3,(H,23,26). The molecular formula is C22H22N2O4. The number of nitrogens with one attached hydrogen (secondary N) is 1. The third kappa shape index (κ3) is 4.06. The molecule has 0 aliphatic rings. The van der Waals surface area contributed by atoms with Crippen molar-refractivity contribution in [2.75, 3.05) is 12.4 Å². The zero-order valence-electron chi connectivity index (χ0n) is 16.0. The fourth-order valence-corrected chi connectivity index (χ4v) is 2.91. The number of carbonyl (C=O) groups excluding carboxylic acids is 1. The molecule has 0 unspecified atom stereocenters. The molecule has 0 fully saturated rings. The smallest absolute Gasteiger partial charge is 0.267 e. The molecule has 0 saturated carbocycles. The molecule has 0 radical (unpaired) electrons. The Morgan fingerprint density at radius 1 is 1.07 bits per heavy atom. The van der Waals surface area contributed by atoms with Crippen LogP contribution in [0.2, 0.25) is 0 Å². The molecule has 1 amide bonds. The number of aryl methyl sites for hydroxylation is 2. The first-order chi connectivity index (χ1) is 13.4. The number of rotatable bonds is 5. The summed E-state index contributed by atoms with van der Waals surface area (Å²) in [4.78, 5) is 25.6. The second-order valence-electron chi connectivity index (χ2n) is 6.61. The number of methoxy groups -OCH3 is 1. The third-order valence-electron chi connectivity index (χ3n) is 4.52. The lowest BCUT2D eigenvalue weighted by Gasteiger charge is -2.14. The van der Waals surface area contributed by atoms with E-state index in [9.17, 15) is 14.7 Å². The van der Waals surface area contributed by atoms with Crippen LogP contribution in [0.1, 0.15) is 27.2 Å². The summed E-state index contributed by atoms with van der Waals surface area (Å²) < 4.78 is 6.61. The van der Waals surface area contributed by atoms with E-state index in [1.54, 1.807) is 38.3 Å². The van der Waals surface area contributed by atoms with E-state index in [4.69, 9.17) is 4.74 Å². The van der Waals surface area contributed by atoms with Gasteiger partial charge in [-0.1, -0.05) is 29.8 Å². The van der Waals surface area contributed by atoms with Crippen molar-refractivity contribution in [3.8, 4) is 11.5 Å². The number of anilines is 1. The first-order valence-electron chi connectivity index (χ1n) is 8.83. The summed E-state index contributed by atoms with van der Waals surface area (Å²) in [6.07, 6.45) is 0. The van der Waals surface area contributed by atoms with Crippen LogP contribution in [0.5, 0.6) is 11.5 Å². The second kappa shape index (κ2) is 8.00. The van der Waals surface area contributed by atoms with Gasteiger partial charge in [-0.3, -0.25) is 9.59 Å². The summed E-state index contributed by atoms with van der Waals surface area (Å²) in [6.45, 7) is 3.93. The minimum absolute atomic E-state index is 0.278. The van der Waals surface area contributed by atoms with Gasteiger partial charge in [-0.25, -0.2) is 0 Å². The van der Waals surface area contributed by atoms with Crippen LogP contribution in [0.15, 0.2) is 59.4 Å². The van der Waals surface area contributed by atoms with E-state index in [0.717, 1.165) is 16.9 Å². The molecule has 28 heavy (non-hydrogen) atoms. The minimum atomic E-state index is -0.644. The lowest BCUT2D eigenvalue weighted by Crippen LogP contribution is -2.31. The number of hydrogen-bond acceptors (Lipinski definition) is 4. The molecule has 0 bridgehead atoms. The van der Waals surface area contributed by atoms with E-state index in [1.165, 1.54) is 10.6 Å². The van der Waals surface area contributed by atoms with E-state index in [0.29, 0.717) is 11.4 Å². The van der Waals surface area contributed by atoms with Crippen molar-refractivity contribution in [2.45, 2.75) is 20.4 Å². The van der Waals surface area contributed by atoms with Gasteiger partial charge in [-0.15, -0.1) is 0 Å². The van der Waals surface area contributed by atoms with Gasteiger partial charge in [0, 0.05) is 17.4 Å². The Balaban J connectivity index is 1.93. The second-order valence-corrected chi connectivity index (χ2v) is 6.61. The first-order valence-corrected chi connectivity index (χ1v) is 8.83. The predicted molar refractivity (Wildman–Crippen MR) is 108 cm³/mol. The SMILES string of the molecule is COc1ccc(Cn2c(C)cc(O)c(C(=O)Nc3ccc(C)cc3)c2=O)cc1. The van der Waals surface area contributed by atoms with Crippen LogP contribution in [0, 0.1) is 13.8 Å². The van der Waals surface area contributed by atoms with Crippen LogP contribution < -0.4 is 15.6 Å². The van der Waals surface area contributed by atoms with Gasteiger partial charge in [0.2, 0.25) is 0 Å². The fourth-order valence-electron chi connectivity index (χ4n) is 2.91. The number of ether oxygens (including phenoxy) is 1. The minimum Gasteiger partial charge on any atom is -0.507 e. The van der Waals surface area contributed by atoms with Gasteiger partial charge in [-0.2, -0.15) is 0 Å². The van der Waals surface area contributed by atoms with E-state index in [2.05, 4.69) is 5.32 Å². The van der Waals surface area contributed by atoms with Crippen molar-refractivity contribution >= 4 is 11.6 Å². The maximum absolute atomic E-state index is 12.9. The van der Waals surface area contributed by atoms with Crippen molar-refractivity contribution in [1.82, 2.24) is 4.57 Å². The van der Waals surface area contributed by atoms with Crippen molar-refractivity contribution < 1.29 is 14.6 Å². The molecule has 0 aliphatic carbocycles. The third-order valence-corrected chi connectivity index (χ3v) is 4.52. The Bertz CT molecular complexity index is 1050. The predicted octanol–water partition coefficient (Wildman–Crippen LogP) is 3.48. The first kappa shape index (κ1) is 19.2. The largest absolute Gasteiger partial charge is 0.507 e. The Morgan fingerprint density at radius 2 is 1.71 bits per heavy atom. The zero-order valence-corrected chi connectivity index (χ0v) is 16.0. The van der Waals surface area contributed by atoms with Gasteiger partial charge >= 0.3 is 0 Å². The number of aromatic nitrogens is 1. The van der Waals surface area contributed by atoms with Crippen LogP contribution in [0.4, 0.5) is 5.69 Å². The fraction of sp³-hybridized carbons (Fsp3) is 0.182. The van der Waals surface area contributed by atoms with E-state index in [1.807, 2.05) is 31.2 Å². The Labute approximate surface area is 163 Å². The summed E-state index contributed by atoms with van der Waals surface area (Å²) in [5, 5.41) is 12.9. The number of carbonyl (C=O) groups is 1. The average molecular weight is 378 g/mol. The summed E-state index contributed by atoms with van der Waals surface area (Å²) in [7, 11) is 1.59. The van der Waals surface area contributed by atoms with Crippen molar-refractivity contribution in [1.29, 1.82) is 0 Å². The molecule has 2 N–H and O–H groups in total. The van der Waals surface area contributed by atoms with Crippen molar-refractivity contribution in [2.24, 2.45) is 0 Å². The lowest BCUT2D eigenvalue weighted by atomic mass is 10.1. The van der Waals surface area contributed by atoms with Crippen LogP contribution in [0.25, 0.3) is 0 Å². The topological polar surface area (TPSA) is 80.6 Å². The highest BCUT2D eigenvalue weighted by molar-refractivity contribution is 6.05. The Morgan fingerprint density at radius 3 is 2.32 bits per heavy atom. The number of amides is 1. The highest BCUT2D eigenvalue weighted by atomic mass is 16.5. The molecule has 2 aromatic carbocycles. The molecule has 144 valence electrons. The molecule has 0 atom stereocenters. The number of benzene rings is 2. The molecular weight excluding hydrogens is 356 g/mol. The van der Waals surface area contributed by atoms with E-state index < -0.39 is 11.5 Å². The lowest BCUT2D eigenvalue weighted by molar-refractivity contribution is 0.102. The van der Waals surface area contributed by atoms with Gasteiger partial charge < -0.3 is 19.7 Å². The van der Waals surface area contributed by atoms with Crippen LogP contribution in [-0.2, 0) is 6.54 Å². The Hall–Kier alpha value is -3.54. The molecule has 1 aromatic heterocycles. The van der Waals surface area contributed by atoms with Crippen LogP contribution in [0.3, 0.4) is 0 Å². The molecule has 6 heteroatoms. The van der Waals surface area contributed by atoms with Gasteiger partial charge in [0.25, 0.3) is 11.5 Å². The molecule has 0 spiro atoms. The maximum Gasteiger partial charge on any atom is 0.267 e. The number of hydrogen-bond donors (Lipinski definition) is 2. The molecule has 0 saturated heterocycles. The highest BCUT2D eigenvalue weighted by Crippen LogP contribution is 2.19. The number of nitrogens with zero attached hydrogens (tertiary/aromatic N) is 1. The number of pyridine rings is 1. The normalized spacial score (nSPS) is 10.5. The quantitative estimate of drug-likeness (QED) is 0.712. The molecule has 3 rings (SSSR count). The molecule has 0 aliphatic heterocycles. The van der Waals surface area contributed by atoms with Crippen molar-refractivity contribution in [3.05, 3.63) is 87.3 Å². The molecule has 1 heterocycles. The molecule has 3 aromatic rings.